The van der Waals surface area contributed by atoms with Gasteiger partial charge in [0.2, 0.25) is 5.91 Å². The minimum absolute atomic E-state index is 0.0246. The van der Waals surface area contributed by atoms with Crippen molar-refractivity contribution in [3.8, 4) is 0 Å². The normalized spacial score (nSPS) is 11.0. The molecule has 0 aliphatic carbocycles. The largest absolute Gasteiger partial charge is 0.282 e. The van der Waals surface area contributed by atoms with E-state index >= 15 is 0 Å². The summed E-state index contributed by atoms with van der Waals surface area (Å²) in [7, 11) is 0. The summed E-state index contributed by atoms with van der Waals surface area (Å²) in [6, 6.07) is 20.1. The minimum Gasteiger partial charge on any atom is -0.282 e. The third kappa shape index (κ3) is 4.35. The summed E-state index contributed by atoms with van der Waals surface area (Å²) in [5.41, 5.74) is 5.23. The summed E-state index contributed by atoms with van der Waals surface area (Å²) in [4.78, 5) is 24.3. The molecule has 0 atom stereocenters. The molecular formula is C24H23N3OS. The van der Waals surface area contributed by atoms with Crippen LogP contribution in [0.25, 0.3) is 10.2 Å². The molecule has 0 unspecified atom stereocenters. The second-order valence-electron chi connectivity index (χ2n) is 7.08. The molecule has 2 aromatic carbocycles. The lowest BCUT2D eigenvalue weighted by Crippen LogP contribution is -2.32. The van der Waals surface area contributed by atoms with Crippen molar-refractivity contribution >= 4 is 32.6 Å². The van der Waals surface area contributed by atoms with E-state index in [1.54, 1.807) is 22.4 Å². The average molecular weight is 402 g/mol. The number of thiazole rings is 1. The maximum atomic E-state index is 13.3. The van der Waals surface area contributed by atoms with Gasteiger partial charge in [-0.05, 0) is 42.7 Å². The predicted octanol–water partition coefficient (Wildman–Crippen LogP) is 5.34. The van der Waals surface area contributed by atoms with Crippen LogP contribution >= 0.6 is 11.3 Å². The van der Waals surface area contributed by atoms with E-state index in [0.29, 0.717) is 13.0 Å². The number of aryl methyl sites for hydroxylation is 2. The molecule has 0 bridgehead atoms. The number of carbonyl (C=O) groups is 1. The highest BCUT2D eigenvalue weighted by atomic mass is 32.1. The third-order valence-corrected chi connectivity index (χ3v) is 5.97. The van der Waals surface area contributed by atoms with E-state index in [4.69, 9.17) is 4.98 Å². The zero-order chi connectivity index (χ0) is 20.2. The number of benzene rings is 2. The van der Waals surface area contributed by atoms with Gasteiger partial charge in [-0.3, -0.25) is 14.7 Å². The molecule has 0 aliphatic rings. The van der Waals surface area contributed by atoms with E-state index in [1.807, 2.05) is 49.4 Å². The first-order valence-corrected chi connectivity index (χ1v) is 10.6. The van der Waals surface area contributed by atoms with Gasteiger partial charge in [0.15, 0.2) is 5.13 Å². The second-order valence-corrected chi connectivity index (χ2v) is 8.09. The van der Waals surface area contributed by atoms with Gasteiger partial charge in [-0.15, -0.1) is 0 Å². The van der Waals surface area contributed by atoms with Crippen LogP contribution in [0.15, 0.2) is 66.9 Å². The summed E-state index contributed by atoms with van der Waals surface area (Å²) in [5.74, 6) is 0.0246. The van der Waals surface area contributed by atoms with Crippen LogP contribution in [0.1, 0.15) is 29.3 Å². The van der Waals surface area contributed by atoms with Gasteiger partial charge in [0.25, 0.3) is 0 Å². The zero-order valence-electron chi connectivity index (χ0n) is 16.6. The lowest BCUT2D eigenvalue weighted by Gasteiger charge is -2.19. The van der Waals surface area contributed by atoms with E-state index < -0.39 is 0 Å². The lowest BCUT2D eigenvalue weighted by molar-refractivity contribution is -0.118. The van der Waals surface area contributed by atoms with Crippen LogP contribution in [0.3, 0.4) is 0 Å². The number of hydrogen-bond acceptors (Lipinski definition) is 4. The number of pyridine rings is 1. The molecule has 2 heterocycles. The Balaban J connectivity index is 1.69. The molecule has 29 heavy (non-hydrogen) atoms. The van der Waals surface area contributed by atoms with Crippen molar-refractivity contribution in [2.24, 2.45) is 0 Å². The summed E-state index contributed by atoms with van der Waals surface area (Å²) in [6.07, 6.45) is 3.01. The fraction of sp³-hybridized carbons (Fsp3) is 0.208. The first-order valence-electron chi connectivity index (χ1n) is 9.78. The van der Waals surface area contributed by atoms with E-state index in [1.165, 1.54) is 11.1 Å². The summed E-state index contributed by atoms with van der Waals surface area (Å²) in [5, 5.41) is 0.726. The van der Waals surface area contributed by atoms with Gasteiger partial charge in [-0.2, -0.15) is 0 Å². The number of anilines is 1. The van der Waals surface area contributed by atoms with Gasteiger partial charge < -0.3 is 0 Å². The Morgan fingerprint density at radius 1 is 1.03 bits per heavy atom. The molecule has 0 radical (unpaired) electrons. The first-order chi connectivity index (χ1) is 14.1. The molecule has 4 aromatic rings. The van der Waals surface area contributed by atoms with E-state index in [0.717, 1.165) is 33.0 Å². The minimum atomic E-state index is 0.0246. The maximum Gasteiger partial charge on any atom is 0.233 e. The summed E-state index contributed by atoms with van der Waals surface area (Å²) < 4.78 is 1.11. The van der Waals surface area contributed by atoms with Crippen molar-refractivity contribution in [2.75, 3.05) is 4.90 Å². The van der Waals surface area contributed by atoms with E-state index in [9.17, 15) is 4.79 Å². The molecule has 0 spiro atoms. The van der Waals surface area contributed by atoms with Crippen molar-refractivity contribution in [1.29, 1.82) is 0 Å². The van der Waals surface area contributed by atoms with Crippen LogP contribution in [-0.4, -0.2) is 15.9 Å². The van der Waals surface area contributed by atoms with E-state index in [-0.39, 0.29) is 5.91 Å². The Bertz CT molecular complexity index is 1120. The maximum absolute atomic E-state index is 13.3. The molecule has 0 aliphatic heterocycles. The molecule has 0 saturated heterocycles. The van der Waals surface area contributed by atoms with Crippen molar-refractivity contribution in [1.82, 2.24) is 9.97 Å². The van der Waals surface area contributed by atoms with Crippen molar-refractivity contribution < 1.29 is 4.79 Å². The Hall–Kier alpha value is -3.05. The number of nitrogens with zero attached hydrogens (tertiary/aromatic N) is 3. The number of aromatic nitrogens is 2. The van der Waals surface area contributed by atoms with Gasteiger partial charge in [-0.1, -0.05) is 66.3 Å². The van der Waals surface area contributed by atoms with Crippen LogP contribution < -0.4 is 4.90 Å². The topological polar surface area (TPSA) is 46.1 Å². The molecule has 4 rings (SSSR count). The Kier molecular flexibility index (Phi) is 5.67. The predicted molar refractivity (Wildman–Crippen MR) is 119 cm³/mol. The van der Waals surface area contributed by atoms with Crippen LogP contribution in [0, 0.1) is 6.92 Å². The average Bonchev–Trinajstić information content (AvgIpc) is 3.18. The van der Waals surface area contributed by atoms with Crippen LogP contribution in [0.2, 0.25) is 0 Å². The van der Waals surface area contributed by atoms with E-state index in [2.05, 4.69) is 30.1 Å². The van der Waals surface area contributed by atoms with Gasteiger partial charge >= 0.3 is 0 Å². The highest BCUT2D eigenvalue weighted by Gasteiger charge is 2.21. The van der Waals surface area contributed by atoms with Crippen molar-refractivity contribution in [2.45, 2.75) is 33.2 Å². The highest BCUT2D eigenvalue weighted by molar-refractivity contribution is 7.22. The number of carbonyl (C=O) groups excluding carboxylic acids is 1. The second kappa shape index (κ2) is 8.53. The molecular weight excluding hydrogens is 378 g/mol. The Morgan fingerprint density at radius 2 is 1.86 bits per heavy atom. The lowest BCUT2D eigenvalue weighted by atomic mass is 10.1. The number of rotatable bonds is 6. The van der Waals surface area contributed by atoms with Gasteiger partial charge in [-0.25, -0.2) is 4.98 Å². The summed E-state index contributed by atoms with van der Waals surface area (Å²) >= 11 is 1.56. The third-order valence-electron chi connectivity index (χ3n) is 4.93. The Labute approximate surface area is 174 Å². The zero-order valence-corrected chi connectivity index (χ0v) is 17.4. The molecule has 0 saturated carbocycles. The van der Waals surface area contributed by atoms with Crippen molar-refractivity contribution in [3.63, 3.8) is 0 Å². The van der Waals surface area contributed by atoms with Crippen molar-refractivity contribution in [3.05, 3.63) is 89.2 Å². The van der Waals surface area contributed by atoms with Gasteiger partial charge in [0.1, 0.15) is 0 Å². The number of amides is 1. The van der Waals surface area contributed by atoms with Crippen LogP contribution in [0.5, 0.6) is 0 Å². The first kappa shape index (κ1) is 19.3. The number of fused-ring (bicyclic) bond motifs is 1. The molecule has 0 N–H and O–H groups in total. The molecule has 146 valence electrons. The molecule has 4 nitrogen and oxygen atoms in total. The van der Waals surface area contributed by atoms with Gasteiger partial charge in [0.05, 0.1) is 28.9 Å². The molecule has 1 amide bonds. The Morgan fingerprint density at radius 3 is 2.59 bits per heavy atom. The quantitative estimate of drug-likeness (QED) is 0.438. The fourth-order valence-corrected chi connectivity index (χ4v) is 4.32. The smallest absolute Gasteiger partial charge is 0.233 e. The van der Waals surface area contributed by atoms with Gasteiger partial charge in [0, 0.05) is 6.20 Å². The highest BCUT2D eigenvalue weighted by Crippen LogP contribution is 2.32. The van der Waals surface area contributed by atoms with Crippen LogP contribution in [-0.2, 0) is 24.2 Å². The SMILES string of the molecule is CCc1cccc2sc(N(Cc3ccccn3)C(=O)Cc3ccc(C)cc3)nc12. The van der Waals surface area contributed by atoms with Crippen LogP contribution in [0.4, 0.5) is 5.13 Å². The number of hydrogen-bond donors (Lipinski definition) is 0. The molecule has 2 aromatic heterocycles. The number of para-hydroxylation sites is 1. The fourth-order valence-electron chi connectivity index (χ4n) is 3.29. The molecule has 0 fully saturated rings. The monoisotopic (exact) mass is 401 g/mol. The standard InChI is InChI=1S/C24H23N3OS/c1-3-19-7-6-9-21-23(19)26-24(29-21)27(16-20-8-4-5-14-25-20)22(28)15-18-12-10-17(2)11-13-18/h4-14H,3,15-16H2,1-2H3. The summed E-state index contributed by atoms with van der Waals surface area (Å²) in [6.45, 7) is 4.58. The molecule has 5 heteroatoms.